The second-order valence-corrected chi connectivity index (χ2v) is 18.8. The number of pyridine rings is 1. The van der Waals surface area contributed by atoms with Gasteiger partial charge >= 0.3 is 0 Å². The largest absolute Gasteiger partial charge is 0.494 e. The van der Waals surface area contributed by atoms with Crippen LogP contribution in [0.3, 0.4) is 0 Å². The van der Waals surface area contributed by atoms with E-state index in [1.54, 1.807) is 23.6 Å². The molecular weight excluding hydrogens is 802 g/mol. The Labute approximate surface area is 337 Å². The van der Waals surface area contributed by atoms with Crippen LogP contribution in [-0.2, 0) is 24.4 Å². The first-order chi connectivity index (χ1) is 26.9. The van der Waals surface area contributed by atoms with Crippen LogP contribution in [0.15, 0.2) is 60.6 Å². The molecule has 2 saturated carbocycles. The molecule has 3 aliphatic rings. The van der Waals surface area contributed by atoms with Crippen molar-refractivity contribution >= 4 is 66.6 Å². The van der Waals surface area contributed by atoms with Gasteiger partial charge in [-0.15, -0.1) is 17.9 Å². The standard InChI is InChI=1S/C39H41ClF2N6O7S2/c1-6-20-16-39(20,36(51)47-57(52,53)23-11-12-23)46-33(49)29-15-22(55-34-26-14-21(40)10-13-24(26)30(54-5)17-43-34)18-48(29)35(50)32(38(2,3)4)45-37-44-28(19-56-37)25-8-7-9-27(41)31(25)42/h6-10,13-14,17,19-20,22-23,29,32H,1,11-12,15-16,18H2,2-5H3,(H,44,45)(H,46,49)(H,47,51)/t20-,22-,29+,32-,39-/m1/s1. The topological polar surface area (TPSA) is 169 Å². The maximum atomic E-state index is 14.8. The number of aromatic nitrogens is 2. The summed E-state index contributed by atoms with van der Waals surface area (Å²) in [5, 5.41) is 8.70. The number of likely N-dealkylation sites (tertiary alicyclic amines) is 1. The molecule has 0 radical (unpaired) electrons. The number of hydrogen-bond acceptors (Lipinski definition) is 11. The Morgan fingerprint density at radius 2 is 1.91 bits per heavy atom. The van der Waals surface area contributed by atoms with Gasteiger partial charge in [-0.25, -0.2) is 27.2 Å². The summed E-state index contributed by atoms with van der Waals surface area (Å²) >= 11 is 7.44. The first-order valence-corrected chi connectivity index (χ1v) is 21.0. The van der Waals surface area contributed by atoms with E-state index < -0.39 is 79.7 Å². The lowest BCUT2D eigenvalue weighted by molar-refractivity contribution is -0.141. The van der Waals surface area contributed by atoms with Gasteiger partial charge in [-0.1, -0.05) is 44.5 Å². The SMILES string of the molecule is C=C[C@@H]1C[C@]1(NC(=O)[C@@H]1C[C@@H](Oc2ncc(OC)c3ccc(Cl)cc23)CN1C(=O)[C@@H](Nc1nc(-c2cccc(F)c2F)cs1)C(C)(C)C)C(=O)NS(=O)(=O)C1CC1. The fraction of sp³-hybridized carbons (Fsp3) is 0.410. The molecule has 3 fully saturated rings. The average molecular weight is 843 g/mol. The average Bonchev–Trinajstić information content (AvgIpc) is 4.05. The molecule has 3 amide bonds. The third-order valence-corrected chi connectivity index (χ3v) is 13.3. The number of benzene rings is 2. The van der Waals surface area contributed by atoms with Crippen LogP contribution in [0.25, 0.3) is 22.0 Å². The van der Waals surface area contributed by atoms with Crippen molar-refractivity contribution < 1.29 is 41.1 Å². The Bertz CT molecular complexity index is 2390. The maximum Gasteiger partial charge on any atom is 0.259 e. The zero-order valence-electron chi connectivity index (χ0n) is 31.5. The van der Waals surface area contributed by atoms with Gasteiger partial charge in [-0.3, -0.25) is 19.1 Å². The molecule has 4 aromatic rings. The van der Waals surface area contributed by atoms with Gasteiger partial charge in [0.1, 0.15) is 29.5 Å². The number of nitrogens with zero attached hydrogens (tertiary/aromatic N) is 3. The number of carbonyl (C=O) groups excluding carboxylic acids is 3. The van der Waals surface area contributed by atoms with Gasteiger partial charge in [-0.2, -0.15) is 0 Å². The first-order valence-electron chi connectivity index (χ1n) is 18.2. The van der Waals surface area contributed by atoms with Crippen LogP contribution in [0.1, 0.15) is 46.5 Å². The lowest BCUT2D eigenvalue weighted by atomic mass is 9.85. The van der Waals surface area contributed by atoms with Gasteiger partial charge in [0.25, 0.3) is 5.91 Å². The number of nitrogens with one attached hydrogen (secondary N) is 3. The molecule has 13 nitrogen and oxygen atoms in total. The normalized spacial score (nSPS) is 22.4. The molecule has 302 valence electrons. The number of thiazole rings is 1. The summed E-state index contributed by atoms with van der Waals surface area (Å²) in [5.41, 5.74) is -2.26. The molecule has 0 spiro atoms. The fourth-order valence-electron chi connectivity index (χ4n) is 7.08. The molecular formula is C39H41ClF2N6O7S2. The van der Waals surface area contributed by atoms with E-state index in [1.165, 1.54) is 36.4 Å². The molecule has 3 N–H and O–H groups in total. The first kappa shape index (κ1) is 40.3. The Hall–Kier alpha value is -4.87. The van der Waals surface area contributed by atoms with Crippen LogP contribution < -0.4 is 24.8 Å². The van der Waals surface area contributed by atoms with Crippen LogP contribution in [0.5, 0.6) is 11.6 Å². The van der Waals surface area contributed by atoms with Crippen molar-refractivity contribution in [3.8, 4) is 22.9 Å². The number of halogens is 3. The number of sulfonamides is 1. The highest BCUT2D eigenvalue weighted by atomic mass is 35.5. The Morgan fingerprint density at radius 1 is 1.16 bits per heavy atom. The molecule has 2 aliphatic carbocycles. The van der Waals surface area contributed by atoms with E-state index >= 15 is 0 Å². The number of rotatable bonds is 13. The molecule has 57 heavy (non-hydrogen) atoms. The van der Waals surface area contributed by atoms with Gasteiger partial charge < -0.3 is 25.0 Å². The fourth-order valence-corrected chi connectivity index (χ4v) is 9.35. The molecule has 2 aromatic carbocycles. The molecule has 18 heteroatoms. The lowest BCUT2D eigenvalue weighted by Gasteiger charge is -2.35. The number of hydrogen-bond donors (Lipinski definition) is 3. The van der Waals surface area contributed by atoms with Crippen molar-refractivity contribution in [3.05, 3.63) is 77.3 Å². The molecule has 3 heterocycles. The zero-order chi connectivity index (χ0) is 41.0. The van der Waals surface area contributed by atoms with Gasteiger partial charge in [0, 0.05) is 39.1 Å². The lowest BCUT2D eigenvalue weighted by Crippen LogP contribution is -2.58. The number of ether oxygens (including phenoxy) is 2. The van der Waals surface area contributed by atoms with Crippen molar-refractivity contribution in [2.75, 3.05) is 19.0 Å². The molecule has 0 bridgehead atoms. The smallest absolute Gasteiger partial charge is 0.259 e. The predicted octanol–water partition coefficient (Wildman–Crippen LogP) is 5.84. The molecule has 2 aromatic heterocycles. The molecule has 1 saturated heterocycles. The highest BCUT2D eigenvalue weighted by Gasteiger charge is 2.62. The highest BCUT2D eigenvalue weighted by Crippen LogP contribution is 2.46. The van der Waals surface area contributed by atoms with Crippen molar-refractivity contribution in [1.29, 1.82) is 0 Å². The van der Waals surface area contributed by atoms with Crippen molar-refractivity contribution in [3.63, 3.8) is 0 Å². The van der Waals surface area contributed by atoms with Gasteiger partial charge in [0.05, 0.1) is 30.8 Å². The Balaban J connectivity index is 1.20. The summed E-state index contributed by atoms with van der Waals surface area (Å²) in [6.45, 7) is 9.14. The number of anilines is 1. The summed E-state index contributed by atoms with van der Waals surface area (Å²) in [6.07, 6.45) is 3.14. The summed E-state index contributed by atoms with van der Waals surface area (Å²) in [6, 6.07) is 6.71. The summed E-state index contributed by atoms with van der Waals surface area (Å²) in [5.74, 6) is -4.04. The van der Waals surface area contributed by atoms with Crippen LogP contribution in [-0.4, -0.2) is 83.6 Å². The maximum absolute atomic E-state index is 14.8. The van der Waals surface area contributed by atoms with Crippen molar-refractivity contribution in [1.82, 2.24) is 24.9 Å². The number of methoxy groups -OCH3 is 1. The predicted molar refractivity (Wildman–Crippen MR) is 211 cm³/mol. The van der Waals surface area contributed by atoms with Crippen LogP contribution >= 0.6 is 22.9 Å². The summed E-state index contributed by atoms with van der Waals surface area (Å²) < 4.78 is 68.3. The second kappa shape index (κ2) is 15.1. The molecule has 5 atom stereocenters. The second-order valence-electron chi connectivity index (χ2n) is 15.6. The van der Waals surface area contributed by atoms with Crippen LogP contribution in [0, 0.1) is 23.0 Å². The van der Waals surface area contributed by atoms with E-state index in [4.69, 9.17) is 21.1 Å². The van der Waals surface area contributed by atoms with Gasteiger partial charge in [-0.05, 0) is 55.0 Å². The third kappa shape index (κ3) is 8.01. The van der Waals surface area contributed by atoms with Crippen LogP contribution in [0.4, 0.5) is 13.9 Å². The minimum atomic E-state index is -3.94. The van der Waals surface area contributed by atoms with Crippen LogP contribution in [0.2, 0.25) is 5.02 Å². The number of fused-ring (bicyclic) bond motifs is 1. The van der Waals surface area contributed by atoms with Gasteiger partial charge in [0.15, 0.2) is 16.8 Å². The third-order valence-electron chi connectivity index (χ3n) is 10.5. The van der Waals surface area contributed by atoms with E-state index in [0.717, 1.165) is 17.4 Å². The van der Waals surface area contributed by atoms with E-state index in [1.807, 2.05) is 20.8 Å². The number of amides is 3. The minimum absolute atomic E-state index is 0.0265. The minimum Gasteiger partial charge on any atom is -0.494 e. The highest BCUT2D eigenvalue weighted by molar-refractivity contribution is 7.91. The summed E-state index contributed by atoms with van der Waals surface area (Å²) in [4.78, 5) is 53.0. The quantitative estimate of drug-likeness (QED) is 0.139. The monoisotopic (exact) mass is 842 g/mol. The van der Waals surface area contributed by atoms with E-state index in [-0.39, 0.29) is 41.7 Å². The van der Waals surface area contributed by atoms with Gasteiger partial charge in [0.2, 0.25) is 27.7 Å². The Morgan fingerprint density at radius 3 is 2.58 bits per heavy atom. The Kier molecular flexibility index (Phi) is 10.7. The van der Waals surface area contributed by atoms with Crippen molar-refractivity contribution in [2.45, 2.75) is 75.4 Å². The molecule has 7 rings (SSSR count). The van der Waals surface area contributed by atoms with Crippen molar-refractivity contribution in [2.24, 2.45) is 11.3 Å². The van der Waals surface area contributed by atoms with E-state index in [2.05, 4.69) is 31.9 Å². The molecule has 0 unspecified atom stereocenters. The number of carbonyl (C=O) groups is 3. The zero-order valence-corrected chi connectivity index (χ0v) is 33.9. The molecule has 1 aliphatic heterocycles. The summed E-state index contributed by atoms with van der Waals surface area (Å²) in [7, 11) is -2.43. The van der Waals surface area contributed by atoms with E-state index in [0.29, 0.717) is 34.4 Å². The van der Waals surface area contributed by atoms with E-state index in [9.17, 15) is 31.6 Å².